The summed E-state index contributed by atoms with van der Waals surface area (Å²) < 4.78 is 5.25. The van der Waals surface area contributed by atoms with Crippen molar-refractivity contribution in [3.8, 4) is 11.8 Å². The van der Waals surface area contributed by atoms with E-state index in [1.54, 1.807) is 0 Å². The predicted octanol–water partition coefficient (Wildman–Crippen LogP) is 0.364. The molecule has 1 heterocycles. The molecule has 0 unspecified atom stereocenters. The Morgan fingerprint density at radius 1 is 1.33 bits per heavy atom. The first-order chi connectivity index (χ1) is 8.54. The van der Waals surface area contributed by atoms with Gasteiger partial charge in [0.15, 0.2) is 0 Å². The number of hydrogen-bond donors (Lipinski definition) is 2. The molecule has 1 aromatic rings. The molecule has 7 nitrogen and oxygen atoms in total. The second kappa shape index (κ2) is 6.33. The van der Waals surface area contributed by atoms with Crippen LogP contribution >= 0.6 is 0 Å². The number of carbonyl (C=O) groups excluding carboxylic acids is 2. The maximum absolute atomic E-state index is 11.3. The van der Waals surface area contributed by atoms with Gasteiger partial charge in [0.25, 0.3) is 0 Å². The summed E-state index contributed by atoms with van der Waals surface area (Å²) >= 11 is 0. The summed E-state index contributed by atoms with van der Waals surface area (Å²) in [5.74, 6) is -2.02. The van der Waals surface area contributed by atoms with Gasteiger partial charge in [0.1, 0.15) is 0 Å². The van der Waals surface area contributed by atoms with Crippen LogP contribution in [0, 0.1) is 0 Å². The molecule has 2 N–H and O–H groups in total. The number of ether oxygens (including phenoxy) is 1. The molecule has 98 valence electrons. The fraction of sp³-hybridized carbons (Fsp3) is 0.273. The van der Waals surface area contributed by atoms with E-state index >= 15 is 0 Å². The van der Waals surface area contributed by atoms with Gasteiger partial charge in [0, 0.05) is 18.2 Å². The Kier molecular flexibility index (Phi) is 4.79. The van der Waals surface area contributed by atoms with E-state index in [0.717, 1.165) is 6.08 Å². The standard InChI is InChI=1S/C11H13NO6/c1-2-10(15)17-7-3-4-11(16)18-12-8(13)5-6-9(12)14/h2,5-6,13-14H,1,3-4,7H2. The van der Waals surface area contributed by atoms with E-state index in [1.165, 1.54) is 12.1 Å². The number of aromatic hydroxyl groups is 2. The van der Waals surface area contributed by atoms with Crippen molar-refractivity contribution in [1.29, 1.82) is 0 Å². The van der Waals surface area contributed by atoms with Gasteiger partial charge in [-0.3, -0.25) is 0 Å². The Morgan fingerprint density at radius 3 is 2.50 bits per heavy atom. The Balaban J connectivity index is 2.30. The smallest absolute Gasteiger partial charge is 0.333 e. The molecule has 0 saturated heterocycles. The van der Waals surface area contributed by atoms with Crippen molar-refractivity contribution >= 4 is 11.9 Å². The van der Waals surface area contributed by atoms with Crippen LogP contribution in [0.3, 0.4) is 0 Å². The van der Waals surface area contributed by atoms with E-state index < -0.39 is 11.9 Å². The molecule has 18 heavy (non-hydrogen) atoms. The van der Waals surface area contributed by atoms with Crippen molar-refractivity contribution in [2.24, 2.45) is 0 Å². The van der Waals surface area contributed by atoms with Crippen LogP contribution in [0.4, 0.5) is 0 Å². The van der Waals surface area contributed by atoms with Crippen molar-refractivity contribution in [2.75, 3.05) is 6.61 Å². The van der Waals surface area contributed by atoms with E-state index in [2.05, 4.69) is 16.2 Å². The van der Waals surface area contributed by atoms with Gasteiger partial charge in [-0.2, -0.15) is 0 Å². The highest BCUT2D eigenvalue weighted by Crippen LogP contribution is 2.18. The van der Waals surface area contributed by atoms with Crippen molar-refractivity contribution in [3.63, 3.8) is 0 Å². The predicted molar refractivity (Wildman–Crippen MR) is 59.7 cm³/mol. The third kappa shape index (κ3) is 3.85. The Bertz CT molecular complexity index is 431. The van der Waals surface area contributed by atoms with E-state index in [9.17, 15) is 19.8 Å². The molecule has 0 saturated carbocycles. The molecular formula is C11H13NO6. The lowest BCUT2D eigenvalue weighted by Gasteiger charge is -2.06. The van der Waals surface area contributed by atoms with E-state index in [-0.39, 0.29) is 31.2 Å². The van der Waals surface area contributed by atoms with Crippen molar-refractivity contribution < 1.29 is 29.4 Å². The van der Waals surface area contributed by atoms with Crippen molar-refractivity contribution in [2.45, 2.75) is 12.8 Å². The molecule has 0 bridgehead atoms. The van der Waals surface area contributed by atoms with Gasteiger partial charge in [-0.25, -0.2) is 9.59 Å². The second-order valence-corrected chi connectivity index (χ2v) is 3.28. The highest BCUT2D eigenvalue weighted by Gasteiger charge is 2.11. The lowest BCUT2D eigenvalue weighted by atomic mass is 10.3. The summed E-state index contributed by atoms with van der Waals surface area (Å²) in [5, 5.41) is 18.4. The maximum Gasteiger partial charge on any atom is 0.333 e. The minimum absolute atomic E-state index is 0.0263. The van der Waals surface area contributed by atoms with Crippen molar-refractivity contribution in [1.82, 2.24) is 4.73 Å². The molecule has 0 amide bonds. The molecule has 0 aliphatic heterocycles. The van der Waals surface area contributed by atoms with Crippen LogP contribution in [-0.4, -0.2) is 33.5 Å². The first kappa shape index (κ1) is 13.6. The van der Waals surface area contributed by atoms with Gasteiger partial charge < -0.3 is 19.8 Å². The first-order valence-corrected chi connectivity index (χ1v) is 5.14. The molecule has 0 fully saturated rings. The minimum Gasteiger partial charge on any atom is -0.492 e. The molecule has 1 aromatic heterocycles. The SMILES string of the molecule is C=CC(=O)OCCCC(=O)On1c(O)ccc1O. The summed E-state index contributed by atoms with van der Waals surface area (Å²) in [4.78, 5) is 26.6. The maximum atomic E-state index is 11.3. The topological polar surface area (TPSA) is 98.0 Å². The van der Waals surface area contributed by atoms with E-state index in [0.29, 0.717) is 4.73 Å². The average Bonchev–Trinajstić information content (AvgIpc) is 2.66. The summed E-state index contributed by atoms with van der Waals surface area (Å²) in [5.41, 5.74) is 0. The van der Waals surface area contributed by atoms with Gasteiger partial charge in [0.05, 0.1) is 13.0 Å². The molecule has 0 aromatic carbocycles. The largest absolute Gasteiger partial charge is 0.492 e. The Labute approximate surface area is 103 Å². The molecular weight excluding hydrogens is 242 g/mol. The van der Waals surface area contributed by atoms with Crippen molar-refractivity contribution in [3.05, 3.63) is 24.8 Å². The Hall–Kier alpha value is -2.44. The first-order valence-electron chi connectivity index (χ1n) is 5.14. The third-order valence-electron chi connectivity index (χ3n) is 1.93. The lowest BCUT2D eigenvalue weighted by molar-refractivity contribution is -0.147. The fourth-order valence-electron chi connectivity index (χ4n) is 1.09. The third-order valence-corrected chi connectivity index (χ3v) is 1.93. The summed E-state index contributed by atoms with van der Waals surface area (Å²) in [6.45, 7) is 3.28. The van der Waals surface area contributed by atoms with E-state index in [1.807, 2.05) is 0 Å². The quantitative estimate of drug-likeness (QED) is 0.433. The fourth-order valence-corrected chi connectivity index (χ4v) is 1.09. The molecule has 1 rings (SSSR count). The van der Waals surface area contributed by atoms with Crippen LogP contribution in [0.1, 0.15) is 12.8 Å². The van der Waals surface area contributed by atoms with Crippen LogP contribution in [0.5, 0.6) is 11.8 Å². The van der Waals surface area contributed by atoms with Gasteiger partial charge in [-0.05, 0) is 6.42 Å². The van der Waals surface area contributed by atoms with Crippen LogP contribution in [-0.2, 0) is 14.3 Å². The monoisotopic (exact) mass is 255 g/mol. The highest BCUT2D eigenvalue weighted by atomic mass is 16.7. The molecule has 0 atom stereocenters. The summed E-state index contributed by atoms with van der Waals surface area (Å²) in [6.07, 6.45) is 1.26. The average molecular weight is 255 g/mol. The second-order valence-electron chi connectivity index (χ2n) is 3.28. The van der Waals surface area contributed by atoms with Crippen LogP contribution in [0.15, 0.2) is 24.8 Å². The number of hydrogen-bond acceptors (Lipinski definition) is 6. The molecule has 7 heteroatoms. The molecule has 0 aliphatic carbocycles. The normalized spacial score (nSPS) is 9.78. The molecule has 0 radical (unpaired) electrons. The zero-order valence-corrected chi connectivity index (χ0v) is 9.54. The summed E-state index contributed by atoms with van der Waals surface area (Å²) in [7, 11) is 0. The number of nitrogens with zero attached hydrogens (tertiary/aromatic N) is 1. The molecule has 0 aliphatic rings. The Morgan fingerprint density at radius 2 is 1.94 bits per heavy atom. The zero-order valence-electron chi connectivity index (χ0n) is 9.54. The number of esters is 1. The number of carbonyl (C=O) groups is 2. The summed E-state index contributed by atoms with van der Waals surface area (Å²) in [6, 6.07) is 2.35. The van der Waals surface area contributed by atoms with Gasteiger partial charge >= 0.3 is 11.9 Å². The van der Waals surface area contributed by atoms with E-state index in [4.69, 9.17) is 0 Å². The number of aromatic nitrogens is 1. The lowest BCUT2D eigenvalue weighted by Crippen LogP contribution is -2.19. The minimum atomic E-state index is -0.675. The van der Waals surface area contributed by atoms with Gasteiger partial charge in [0.2, 0.25) is 11.8 Å². The molecule has 0 spiro atoms. The highest BCUT2D eigenvalue weighted by molar-refractivity contribution is 5.81. The van der Waals surface area contributed by atoms with Crippen LogP contribution in [0.25, 0.3) is 0 Å². The van der Waals surface area contributed by atoms with Gasteiger partial charge in [-0.1, -0.05) is 6.58 Å². The van der Waals surface area contributed by atoms with Crippen LogP contribution in [0.2, 0.25) is 0 Å². The zero-order chi connectivity index (χ0) is 13.5. The number of rotatable bonds is 6. The van der Waals surface area contributed by atoms with Crippen LogP contribution < -0.4 is 4.84 Å². The van der Waals surface area contributed by atoms with Gasteiger partial charge in [-0.15, -0.1) is 4.73 Å².